The Morgan fingerprint density at radius 3 is 2.40 bits per heavy atom. The van der Waals surface area contributed by atoms with Crippen LogP contribution in [0.3, 0.4) is 0 Å². The van der Waals surface area contributed by atoms with Gasteiger partial charge in [-0.15, -0.1) is 0 Å². The van der Waals surface area contributed by atoms with Crippen molar-refractivity contribution in [1.29, 1.82) is 0 Å². The topological polar surface area (TPSA) is 84.9 Å². The fourth-order valence-electron chi connectivity index (χ4n) is 2.37. The minimum absolute atomic E-state index is 0.253. The molecule has 2 N–H and O–H groups in total. The van der Waals surface area contributed by atoms with E-state index in [1.165, 1.54) is 7.11 Å². The maximum Gasteiger partial charge on any atom is 0.330 e. The molecule has 0 saturated heterocycles. The van der Waals surface area contributed by atoms with Gasteiger partial charge in [-0.1, -0.05) is 37.3 Å². The zero-order valence-electron chi connectivity index (χ0n) is 14.2. The Bertz CT molecular complexity index is 727. The molecule has 1 amide bonds. The number of carbonyl (C=O) groups is 2. The number of carboxylic acids is 1. The lowest BCUT2D eigenvalue weighted by Gasteiger charge is -2.16. The number of rotatable bonds is 8. The number of carbonyl (C=O) groups excluding carboxylic acids is 1. The quantitative estimate of drug-likeness (QED) is 0.769. The van der Waals surface area contributed by atoms with Crippen LogP contribution in [0.4, 0.5) is 0 Å². The lowest BCUT2D eigenvalue weighted by atomic mass is 10.1. The largest absolute Gasteiger partial charge is 0.497 e. The lowest BCUT2D eigenvalue weighted by molar-refractivity contribution is -0.142. The summed E-state index contributed by atoms with van der Waals surface area (Å²) in [6.07, 6.45) is 0.779. The van der Waals surface area contributed by atoms with E-state index in [2.05, 4.69) is 5.32 Å². The minimum atomic E-state index is -1.15. The van der Waals surface area contributed by atoms with Crippen molar-refractivity contribution in [3.8, 4) is 11.5 Å². The van der Waals surface area contributed by atoms with E-state index >= 15 is 0 Å². The summed E-state index contributed by atoms with van der Waals surface area (Å²) in [5, 5.41) is 11.9. The minimum Gasteiger partial charge on any atom is -0.497 e. The molecule has 0 radical (unpaired) electrons. The highest BCUT2D eigenvalue weighted by Crippen LogP contribution is 2.19. The van der Waals surface area contributed by atoms with E-state index in [4.69, 9.17) is 9.47 Å². The molecule has 2 rings (SSSR count). The molecule has 2 aromatic carbocycles. The van der Waals surface area contributed by atoms with Gasteiger partial charge < -0.3 is 19.9 Å². The lowest BCUT2D eigenvalue weighted by Crippen LogP contribution is -2.36. The monoisotopic (exact) mass is 343 g/mol. The molecule has 0 spiro atoms. The molecular formula is C19H21NO5. The van der Waals surface area contributed by atoms with Gasteiger partial charge in [0.2, 0.25) is 0 Å². The zero-order valence-corrected chi connectivity index (χ0v) is 14.2. The highest BCUT2D eigenvalue weighted by Gasteiger charge is 2.22. The number of carboxylic acid groups (broad SMARTS) is 1. The maximum absolute atomic E-state index is 12.1. The zero-order chi connectivity index (χ0) is 18.2. The molecule has 0 fully saturated rings. The highest BCUT2D eigenvalue weighted by atomic mass is 16.5. The highest BCUT2D eigenvalue weighted by molar-refractivity contribution is 5.85. The van der Waals surface area contributed by atoms with E-state index in [1.54, 1.807) is 30.3 Å². The van der Waals surface area contributed by atoms with Crippen LogP contribution in [-0.2, 0) is 16.0 Å². The summed E-state index contributed by atoms with van der Waals surface area (Å²) >= 11 is 0. The third kappa shape index (κ3) is 4.97. The molecule has 6 heteroatoms. The summed E-state index contributed by atoms with van der Waals surface area (Å²) in [4.78, 5) is 23.6. The second-order valence-electron chi connectivity index (χ2n) is 5.36. The van der Waals surface area contributed by atoms with Crippen molar-refractivity contribution >= 4 is 11.9 Å². The van der Waals surface area contributed by atoms with Gasteiger partial charge in [-0.25, -0.2) is 4.79 Å². The molecule has 0 aliphatic heterocycles. The van der Waals surface area contributed by atoms with E-state index in [0.717, 1.165) is 12.0 Å². The van der Waals surface area contributed by atoms with Crippen LogP contribution in [0.5, 0.6) is 11.5 Å². The Morgan fingerprint density at radius 1 is 1.12 bits per heavy atom. The Kier molecular flexibility index (Phi) is 6.39. The van der Waals surface area contributed by atoms with Crippen molar-refractivity contribution in [3.63, 3.8) is 0 Å². The molecule has 1 unspecified atom stereocenters. The van der Waals surface area contributed by atoms with Crippen molar-refractivity contribution in [2.45, 2.75) is 19.4 Å². The van der Waals surface area contributed by atoms with Gasteiger partial charge in [-0.05, 0) is 35.7 Å². The fourth-order valence-corrected chi connectivity index (χ4v) is 2.37. The Labute approximate surface area is 146 Å². The van der Waals surface area contributed by atoms with Crippen molar-refractivity contribution in [2.24, 2.45) is 0 Å². The van der Waals surface area contributed by atoms with Crippen molar-refractivity contribution in [3.05, 3.63) is 59.7 Å². The van der Waals surface area contributed by atoms with E-state index in [0.29, 0.717) is 17.1 Å². The molecular weight excluding hydrogens is 322 g/mol. The molecule has 6 nitrogen and oxygen atoms in total. The second-order valence-corrected chi connectivity index (χ2v) is 5.36. The third-order valence-electron chi connectivity index (χ3n) is 3.71. The number of amides is 1. The Balaban J connectivity index is 2.01. The standard InChI is InChI=1S/C19H21NO5/c1-3-13-6-4-5-7-16(13)25-12-17(21)20-18(19(22)23)14-8-10-15(24-2)11-9-14/h4-11,18H,3,12H2,1-2H3,(H,20,21)(H,22,23). The van der Waals surface area contributed by atoms with E-state index in [-0.39, 0.29) is 6.61 Å². The van der Waals surface area contributed by atoms with Gasteiger partial charge >= 0.3 is 5.97 Å². The van der Waals surface area contributed by atoms with Gasteiger partial charge in [-0.2, -0.15) is 0 Å². The van der Waals surface area contributed by atoms with Gasteiger partial charge in [0.15, 0.2) is 12.6 Å². The number of ether oxygens (including phenoxy) is 2. The molecule has 1 atom stereocenters. The summed E-state index contributed by atoms with van der Waals surface area (Å²) in [5.41, 5.74) is 1.44. The molecule has 2 aromatic rings. The van der Waals surface area contributed by atoms with Crippen LogP contribution in [0, 0.1) is 0 Å². The molecule has 0 aliphatic carbocycles. The van der Waals surface area contributed by atoms with Gasteiger partial charge in [-0.3, -0.25) is 4.79 Å². The number of nitrogens with one attached hydrogen (secondary N) is 1. The molecule has 0 bridgehead atoms. The first-order chi connectivity index (χ1) is 12.0. The fraction of sp³-hybridized carbons (Fsp3) is 0.263. The number of hydrogen-bond acceptors (Lipinski definition) is 4. The van der Waals surface area contributed by atoms with Gasteiger partial charge in [0.05, 0.1) is 7.11 Å². The average molecular weight is 343 g/mol. The van der Waals surface area contributed by atoms with Crippen LogP contribution >= 0.6 is 0 Å². The predicted molar refractivity (Wildman–Crippen MR) is 92.8 cm³/mol. The first-order valence-electron chi connectivity index (χ1n) is 7.92. The molecule has 0 heterocycles. The van der Waals surface area contributed by atoms with Gasteiger partial charge in [0.1, 0.15) is 11.5 Å². The molecule has 132 valence electrons. The van der Waals surface area contributed by atoms with Crippen LogP contribution < -0.4 is 14.8 Å². The smallest absolute Gasteiger partial charge is 0.330 e. The van der Waals surface area contributed by atoms with Crippen LogP contribution in [0.25, 0.3) is 0 Å². The number of para-hydroxylation sites is 1. The first-order valence-corrected chi connectivity index (χ1v) is 7.92. The molecule has 0 aliphatic rings. The average Bonchev–Trinajstić information content (AvgIpc) is 2.64. The number of methoxy groups -OCH3 is 1. The van der Waals surface area contributed by atoms with Crippen LogP contribution in [0.1, 0.15) is 24.1 Å². The second kappa shape index (κ2) is 8.73. The van der Waals surface area contributed by atoms with Crippen LogP contribution in [-0.4, -0.2) is 30.7 Å². The summed E-state index contributed by atoms with van der Waals surface area (Å²) in [6, 6.07) is 12.8. The first kappa shape index (κ1) is 18.3. The molecule has 0 saturated carbocycles. The Hall–Kier alpha value is -3.02. The van der Waals surface area contributed by atoms with Crippen molar-refractivity contribution in [2.75, 3.05) is 13.7 Å². The van der Waals surface area contributed by atoms with Gasteiger partial charge in [0.25, 0.3) is 5.91 Å². The van der Waals surface area contributed by atoms with E-state index < -0.39 is 17.9 Å². The van der Waals surface area contributed by atoms with Crippen molar-refractivity contribution in [1.82, 2.24) is 5.32 Å². The normalized spacial score (nSPS) is 11.4. The van der Waals surface area contributed by atoms with Crippen molar-refractivity contribution < 1.29 is 24.2 Å². The van der Waals surface area contributed by atoms with Crippen LogP contribution in [0.15, 0.2) is 48.5 Å². The number of aliphatic carboxylic acids is 1. The summed E-state index contributed by atoms with van der Waals surface area (Å²) in [7, 11) is 1.52. The molecule has 0 aromatic heterocycles. The van der Waals surface area contributed by atoms with E-state index in [1.807, 2.05) is 25.1 Å². The van der Waals surface area contributed by atoms with Crippen LogP contribution in [0.2, 0.25) is 0 Å². The third-order valence-corrected chi connectivity index (χ3v) is 3.71. The number of hydrogen-bond donors (Lipinski definition) is 2. The number of aryl methyl sites for hydroxylation is 1. The predicted octanol–water partition coefficient (Wildman–Crippen LogP) is 2.58. The van der Waals surface area contributed by atoms with E-state index in [9.17, 15) is 14.7 Å². The SMILES string of the molecule is CCc1ccccc1OCC(=O)NC(C(=O)O)c1ccc(OC)cc1. The number of benzene rings is 2. The Morgan fingerprint density at radius 2 is 1.80 bits per heavy atom. The summed E-state index contributed by atoms with van der Waals surface area (Å²) < 4.78 is 10.6. The van der Waals surface area contributed by atoms with Gasteiger partial charge in [0, 0.05) is 0 Å². The summed E-state index contributed by atoms with van der Waals surface area (Å²) in [5.74, 6) is -0.420. The summed E-state index contributed by atoms with van der Waals surface area (Å²) in [6.45, 7) is 1.74. The maximum atomic E-state index is 12.1. The molecule has 25 heavy (non-hydrogen) atoms.